The molecule has 0 atom stereocenters. The van der Waals surface area contributed by atoms with Gasteiger partial charge in [0.25, 0.3) is 5.91 Å². The van der Waals surface area contributed by atoms with E-state index in [4.69, 9.17) is 9.47 Å². The average molecular weight is 308 g/mol. The van der Waals surface area contributed by atoms with Crippen LogP contribution in [0, 0.1) is 0 Å². The molecule has 1 aliphatic rings. The largest absolute Gasteiger partial charge is 0.467 e. The van der Waals surface area contributed by atoms with Crippen LogP contribution in [0.25, 0.3) is 0 Å². The van der Waals surface area contributed by atoms with Gasteiger partial charge in [0.05, 0.1) is 18.8 Å². The zero-order valence-electron chi connectivity index (χ0n) is 13.2. The number of amides is 1. The first-order chi connectivity index (χ1) is 10.7. The normalized spacial score (nSPS) is 16.5. The van der Waals surface area contributed by atoms with E-state index in [0.717, 1.165) is 32.4 Å². The third kappa shape index (κ3) is 5.23. The molecular formula is C15H24N4O3. The van der Waals surface area contributed by atoms with Crippen LogP contribution in [0.2, 0.25) is 0 Å². The highest BCUT2D eigenvalue weighted by Gasteiger charge is 2.16. The van der Waals surface area contributed by atoms with Crippen molar-refractivity contribution >= 4 is 5.91 Å². The number of piperidine rings is 1. The van der Waals surface area contributed by atoms with E-state index in [1.807, 2.05) is 0 Å². The van der Waals surface area contributed by atoms with E-state index in [1.165, 1.54) is 19.5 Å². The van der Waals surface area contributed by atoms with E-state index < -0.39 is 0 Å². The molecule has 0 bridgehead atoms. The van der Waals surface area contributed by atoms with Crippen molar-refractivity contribution in [3.63, 3.8) is 0 Å². The quantitative estimate of drug-likeness (QED) is 0.748. The summed E-state index contributed by atoms with van der Waals surface area (Å²) in [6.07, 6.45) is 6.25. The van der Waals surface area contributed by atoms with Crippen LogP contribution in [0.5, 0.6) is 6.01 Å². The highest BCUT2D eigenvalue weighted by atomic mass is 16.5. The fraction of sp³-hybridized carbons (Fsp3) is 0.667. The van der Waals surface area contributed by atoms with Crippen LogP contribution in [-0.2, 0) is 4.74 Å². The highest BCUT2D eigenvalue weighted by Crippen LogP contribution is 2.12. The Hall–Kier alpha value is -1.73. The van der Waals surface area contributed by atoms with Crippen molar-refractivity contribution in [3.05, 3.63) is 18.0 Å². The lowest BCUT2D eigenvalue weighted by atomic mass is 10.1. The van der Waals surface area contributed by atoms with Gasteiger partial charge in [0.15, 0.2) is 0 Å². The number of rotatable bonds is 7. The molecule has 22 heavy (non-hydrogen) atoms. The molecule has 122 valence electrons. The van der Waals surface area contributed by atoms with Crippen molar-refractivity contribution in [2.75, 3.05) is 40.4 Å². The number of likely N-dealkylation sites (tertiary alicyclic amines) is 1. The Kier molecular flexibility index (Phi) is 6.54. The fourth-order valence-electron chi connectivity index (χ4n) is 2.32. The van der Waals surface area contributed by atoms with E-state index in [9.17, 15) is 4.79 Å². The summed E-state index contributed by atoms with van der Waals surface area (Å²) in [5, 5.41) is 2.83. The molecule has 0 saturated carbocycles. The van der Waals surface area contributed by atoms with E-state index >= 15 is 0 Å². The van der Waals surface area contributed by atoms with Gasteiger partial charge in [-0.3, -0.25) is 4.79 Å². The van der Waals surface area contributed by atoms with Crippen LogP contribution in [-0.4, -0.2) is 67.3 Å². The van der Waals surface area contributed by atoms with Crippen molar-refractivity contribution in [3.8, 4) is 6.01 Å². The molecule has 1 aromatic rings. The third-order valence-electron chi connectivity index (χ3n) is 3.70. The monoisotopic (exact) mass is 308 g/mol. The topological polar surface area (TPSA) is 76.6 Å². The maximum absolute atomic E-state index is 11.9. The van der Waals surface area contributed by atoms with Crippen molar-refractivity contribution in [1.82, 2.24) is 20.2 Å². The maximum atomic E-state index is 11.9. The molecule has 1 amide bonds. The van der Waals surface area contributed by atoms with Gasteiger partial charge in [-0.15, -0.1) is 0 Å². The number of nitrogens with one attached hydrogen (secondary N) is 1. The molecule has 7 nitrogen and oxygen atoms in total. The first-order valence-corrected chi connectivity index (χ1v) is 7.63. The predicted molar refractivity (Wildman–Crippen MR) is 82.0 cm³/mol. The van der Waals surface area contributed by atoms with Crippen LogP contribution >= 0.6 is 0 Å². The molecule has 1 N–H and O–H groups in total. The van der Waals surface area contributed by atoms with Gasteiger partial charge in [-0.1, -0.05) is 0 Å². The molecule has 7 heteroatoms. The van der Waals surface area contributed by atoms with E-state index in [2.05, 4.69) is 27.2 Å². The second-order valence-electron chi connectivity index (χ2n) is 5.44. The zero-order valence-corrected chi connectivity index (χ0v) is 13.2. The Morgan fingerprint density at radius 3 is 2.68 bits per heavy atom. The highest BCUT2D eigenvalue weighted by molar-refractivity contribution is 5.93. The van der Waals surface area contributed by atoms with Gasteiger partial charge in [-0.2, -0.15) is 0 Å². The Labute approximate surface area is 131 Å². The average Bonchev–Trinajstić information content (AvgIpc) is 2.56. The SMILES string of the molecule is COc1ncc(C(=O)NCCCOC2CCN(C)CC2)cn1. The van der Waals surface area contributed by atoms with Gasteiger partial charge in [-0.25, -0.2) is 9.97 Å². The molecule has 0 spiro atoms. The molecule has 1 saturated heterocycles. The standard InChI is InChI=1S/C15H24N4O3/c1-19-7-4-13(5-8-19)22-9-3-6-16-14(20)12-10-17-15(21-2)18-11-12/h10-11,13H,3-9H2,1-2H3,(H,16,20). The van der Waals surface area contributed by atoms with Crippen LogP contribution < -0.4 is 10.1 Å². The molecule has 0 aliphatic carbocycles. The second kappa shape index (κ2) is 8.65. The van der Waals surface area contributed by atoms with Gasteiger partial charge in [-0.05, 0) is 26.3 Å². The number of nitrogens with zero attached hydrogens (tertiary/aromatic N) is 3. The van der Waals surface area contributed by atoms with E-state index in [-0.39, 0.29) is 11.9 Å². The summed E-state index contributed by atoms with van der Waals surface area (Å²) < 4.78 is 10.7. The van der Waals surface area contributed by atoms with E-state index in [0.29, 0.717) is 24.8 Å². The molecule has 2 rings (SSSR count). The first-order valence-electron chi connectivity index (χ1n) is 7.63. The number of hydrogen-bond donors (Lipinski definition) is 1. The Morgan fingerprint density at radius 2 is 2.05 bits per heavy atom. The fourth-order valence-corrected chi connectivity index (χ4v) is 2.32. The zero-order chi connectivity index (χ0) is 15.8. The van der Waals surface area contributed by atoms with Gasteiger partial charge >= 0.3 is 6.01 Å². The van der Waals surface area contributed by atoms with Crippen molar-refractivity contribution < 1.29 is 14.3 Å². The molecule has 0 radical (unpaired) electrons. The van der Waals surface area contributed by atoms with Gasteiger partial charge in [0, 0.05) is 38.6 Å². The number of hydrogen-bond acceptors (Lipinski definition) is 6. The molecule has 1 fully saturated rings. The summed E-state index contributed by atoms with van der Waals surface area (Å²) in [5.74, 6) is -0.179. The summed E-state index contributed by atoms with van der Waals surface area (Å²) in [6.45, 7) is 3.45. The molecule has 2 heterocycles. The van der Waals surface area contributed by atoms with Crippen LogP contribution in [0.15, 0.2) is 12.4 Å². The minimum Gasteiger partial charge on any atom is -0.467 e. The van der Waals surface area contributed by atoms with Gasteiger partial charge in [0.2, 0.25) is 0 Å². The van der Waals surface area contributed by atoms with E-state index in [1.54, 1.807) is 0 Å². The van der Waals surface area contributed by atoms with Gasteiger partial charge in [0.1, 0.15) is 0 Å². The Morgan fingerprint density at radius 1 is 1.36 bits per heavy atom. The number of methoxy groups -OCH3 is 1. The summed E-state index contributed by atoms with van der Waals surface area (Å²) in [6, 6.07) is 0.253. The molecule has 0 aromatic carbocycles. The molecule has 1 aromatic heterocycles. The van der Waals surface area contributed by atoms with Crippen molar-refractivity contribution in [1.29, 1.82) is 0 Å². The summed E-state index contributed by atoms with van der Waals surface area (Å²) in [7, 11) is 3.62. The van der Waals surface area contributed by atoms with Crippen molar-refractivity contribution in [2.45, 2.75) is 25.4 Å². The second-order valence-corrected chi connectivity index (χ2v) is 5.44. The maximum Gasteiger partial charge on any atom is 0.316 e. The minimum absolute atomic E-state index is 0.179. The summed E-state index contributed by atoms with van der Waals surface area (Å²) in [5.41, 5.74) is 0.428. The Bertz CT molecular complexity index is 458. The number of ether oxygens (including phenoxy) is 2. The van der Waals surface area contributed by atoms with Crippen LogP contribution in [0.3, 0.4) is 0 Å². The molecule has 1 aliphatic heterocycles. The van der Waals surface area contributed by atoms with Crippen LogP contribution in [0.4, 0.5) is 0 Å². The first kappa shape index (κ1) is 16.6. The number of aromatic nitrogens is 2. The smallest absolute Gasteiger partial charge is 0.316 e. The number of carbonyl (C=O) groups excluding carboxylic acids is 1. The lowest BCUT2D eigenvalue weighted by molar-refractivity contribution is 0.0117. The minimum atomic E-state index is -0.179. The Balaban J connectivity index is 1.58. The third-order valence-corrected chi connectivity index (χ3v) is 3.70. The van der Waals surface area contributed by atoms with Crippen molar-refractivity contribution in [2.24, 2.45) is 0 Å². The summed E-state index contributed by atoms with van der Waals surface area (Å²) in [4.78, 5) is 22.0. The molecule has 0 unspecified atom stereocenters. The van der Waals surface area contributed by atoms with Crippen LogP contribution in [0.1, 0.15) is 29.6 Å². The predicted octanol–water partition coefficient (Wildman–Crippen LogP) is 0.716. The van der Waals surface area contributed by atoms with Gasteiger partial charge < -0.3 is 19.7 Å². The lowest BCUT2D eigenvalue weighted by Gasteiger charge is -2.28. The number of carbonyl (C=O) groups is 1. The summed E-state index contributed by atoms with van der Waals surface area (Å²) >= 11 is 0. The lowest BCUT2D eigenvalue weighted by Crippen LogP contribution is -2.34. The molecular weight excluding hydrogens is 284 g/mol.